The van der Waals surface area contributed by atoms with Crippen molar-refractivity contribution in [3.05, 3.63) is 91.0 Å². The van der Waals surface area contributed by atoms with Gasteiger partial charge in [0.1, 0.15) is 0 Å². The molecular formula is C38H63BN-. The van der Waals surface area contributed by atoms with E-state index in [-0.39, 0.29) is 6.15 Å². The summed E-state index contributed by atoms with van der Waals surface area (Å²) in [5.74, 6) is 0. The van der Waals surface area contributed by atoms with Crippen molar-refractivity contribution in [2.24, 2.45) is 0 Å². The lowest BCUT2D eigenvalue weighted by Gasteiger charge is -2.43. The van der Waals surface area contributed by atoms with Gasteiger partial charge in [-0.2, -0.15) is 22.7 Å². The number of hydrogen-bond donors (Lipinski definition) is 1. The fourth-order valence-electron chi connectivity index (χ4n) is 5.64. The normalized spacial score (nSPS) is 10.4. The van der Waals surface area contributed by atoms with E-state index >= 15 is 0 Å². The van der Waals surface area contributed by atoms with Crippen molar-refractivity contribution in [3.63, 3.8) is 0 Å². The van der Waals surface area contributed by atoms with E-state index < -0.39 is 6.15 Å². The molecule has 0 saturated heterocycles. The molecule has 0 heterocycles. The molecule has 0 fully saturated rings. The van der Waals surface area contributed by atoms with Crippen LogP contribution in [0.1, 0.15) is 125 Å². The fourth-order valence-corrected chi connectivity index (χ4v) is 5.64. The third-order valence-corrected chi connectivity index (χ3v) is 8.01. The maximum absolute atomic E-state index is 2.30. The molecule has 0 atom stereocenters. The number of benzene rings is 3. The largest absolute Gasteiger partial charge is 0.344 e. The topological polar surface area (TPSA) is 35.0 Å². The van der Waals surface area contributed by atoms with E-state index in [4.69, 9.17) is 0 Å². The monoisotopic (exact) mass is 545 g/mol. The molecule has 0 bridgehead atoms. The second-order valence-corrected chi connectivity index (χ2v) is 11.2. The zero-order chi connectivity index (χ0) is 28.4. The summed E-state index contributed by atoms with van der Waals surface area (Å²) in [5, 5.41) is 0. The standard InChI is InChI=1S/C22H24B.2C8H18.H3N/c1-2-3-19-23(20-13-7-4-8-14-20,21-15-9-5-10-16-21)22-17-11-6-12-18-22;2*1-3-5-7-8-6-4-2;/h4-18H,2-3,19H2,1H3;2*3-8H2,1-2H3;1H3/q-1;;;. The summed E-state index contributed by atoms with van der Waals surface area (Å²) < 4.78 is 0. The summed E-state index contributed by atoms with van der Waals surface area (Å²) in [4.78, 5) is 0. The van der Waals surface area contributed by atoms with Gasteiger partial charge >= 0.3 is 0 Å². The molecule has 0 radical (unpaired) electrons. The van der Waals surface area contributed by atoms with Crippen LogP contribution in [0, 0.1) is 0 Å². The molecule has 0 unspecified atom stereocenters. The van der Waals surface area contributed by atoms with Gasteiger partial charge in [-0.15, -0.1) is 0 Å². The van der Waals surface area contributed by atoms with E-state index in [2.05, 4.69) is 126 Å². The van der Waals surface area contributed by atoms with Crippen LogP contribution in [0.5, 0.6) is 0 Å². The minimum absolute atomic E-state index is 0. The maximum atomic E-state index is 2.30. The summed E-state index contributed by atoms with van der Waals surface area (Å²) in [5.41, 5.74) is 4.33. The van der Waals surface area contributed by atoms with Gasteiger partial charge in [-0.25, -0.2) is 0 Å². The van der Waals surface area contributed by atoms with E-state index in [1.807, 2.05) is 0 Å². The Morgan fingerprint density at radius 2 is 0.600 bits per heavy atom. The molecule has 3 N–H and O–H groups in total. The minimum Gasteiger partial charge on any atom is -0.344 e. The van der Waals surface area contributed by atoms with Crippen LogP contribution < -0.4 is 22.5 Å². The molecular weight excluding hydrogens is 481 g/mol. The Morgan fingerprint density at radius 1 is 0.350 bits per heavy atom. The van der Waals surface area contributed by atoms with Crippen molar-refractivity contribution in [1.29, 1.82) is 0 Å². The lowest BCUT2D eigenvalue weighted by molar-refractivity contribution is 0.624. The van der Waals surface area contributed by atoms with Crippen LogP contribution >= 0.6 is 0 Å². The average Bonchev–Trinajstić information content (AvgIpc) is 3.00. The SMILES string of the molecule is CCCCCCCC.CCCCCCCC.CCCC[B-](c1ccccc1)(c1ccccc1)c1ccccc1.N. The smallest absolute Gasteiger partial charge is 0.0814 e. The van der Waals surface area contributed by atoms with Crippen LogP contribution in [-0.2, 0) is 0 Å². The molecule has 224 valence electrons. The highest BCUT2D eigenvalue weighted by atomic mass is 14.1. The Kier molecular flexibility index (Phi) is 24.2. The van der Waals surface area contributed by atoms with Crippen molar-refractivity contribution < 1.29 is 0 Å². The second-order valence-electron chi connectivity index (χ2n) is 11.2. The maximum Gasteiger partial charge on any atom is 0.0814 e. The van der Waals surface area contributed by atoms with Crippen LogP contribution in [0.3, 0.4) is 0 Å². The Hall–Kier alpha value is -2.32. The highest BCUT2D eigenvalue weighted by molar-refractivity contribution is 7.11. The summed E-state index contributed by atoms with van der Waals surface area (Å²) >= 11 is 0. The summed E-state index contributed by atoms with van der Waals surface area (Å²) in [6, 6.07) is 33.2. The van der Waals surface area contributed by atoms with Crippen LogP contribution in [0.15, 0.2) is 91.0 Å². The number of unbranched alkanes of at least 4 members (excludes halogenated alkanes) is 11. The van der Waals surface area contributed by atoms with Crippen molar-refractivity contribution in [3.8, 4) is 0 Å². The molecule has 0 amide bonds. The van der Waals surface area contributed by atoms with Gasteiger partial charge < -0.3 is 6.15 Å². The summed E-state index contributed by atoms with van der Waals surface area (Å²) in [6.45, 7) is 11.3. The number of hydrogen-bond acceptors (Lipinski definition) is 1. The molecule has 0 saturated carbocycles. The minimum atomic E-state index is -0.913. The van der Waals surface area contributed by atoms with Gasteiger partial charge in [-0.05, 0) is 0 Å². The highest BCUT2D eigenvalue weighted by Gasteiger charge is 2.28. The first-order chi connectivity index (χ1) is 19.2. The molecule has 0 aliphatic heterocycles. The lowest BCUT2D eigenvalue weighted by atomic mass is 9.14. The van der Waals surface area contributed by atoms with Gasteiger partial charge in [0.15, 0.2) is 0 Å². The van der Waals surface area contributed by atoms with Crippen LogP contribution in [0.2, 0.25) is 6.32 Å². The fraction of sp³-hybridized carbons (Fsp3) is 0.526. The molecule has 0 spiro atoms. The Balaban J connectivity index is 0.000000744. The second kappa shape index (κ2) is 25.6. The molecule has 3 aromatic rings. The molecule has 0 aliphatic carbocycles. The van der Waals surface area contributed by atoms with E-state index in [1.54, 1.807) is 0 Å². The van der Waals surface area contributed by atoms with Gasteiger partial charge in [0.2, 0.25) is 0 Å². The van der Waals surface area contributed by atoms with E-state index in [9.17, 15) is 0 Å². The first kappa shape index (κ1) is 37.7. The first-order valence-corrected chi connectivity index (χ1v) is 16.5. The molecule has 3 rings (SSSR count). The highest BCUT2D eigenvalue weighted by Crippen LogP contribution is 2.16. The first-order valence-electron chi connectivity index (χ1n) is 16.5. The molecule has 0 aromatic heterocycles. The molecule has 2 heteroatoms. The summed E-state index contributed by atoms with van der Waals surface area (Å²) in [6.07, 6.45) is 19.7. The Bertz CT molecular complexity index is 774. The predicted molar refractivity (Wildman–Crippen MR) is 187 cm³/mol. The van der Waals surface area contributed by atoms with E-state index in [0.717, 1.165) is 0 Å². The van der Waals surface area contributed by atoms with Gasteiger partial charge in [-0.1, -0.05) is 216 Å². The van der Waals surface area contributed by atoms with Gasteiger partial charge in [-0.3, -0.25) is 0 Å². The van der Waals surface area contributed by atoms with Crippen LogP contribution in [-0.4, -0.2) is 6.15 Å². The zero-order valence-electron chi connectivity index (χ0n) is 27.1. The Labute approximate surface area is 250 Å². The predicted octanol–water partition coefficient (Wildman–Crippen LogP) is 10.9. The number of rotatable bonds is 16. The third kappa shape index (κ3) is 14.4. The van der Waals surface area contributed by atoms with Crippen molar-refractivity contribution in [2.45, 2.75) is 131 Å². The summed E-state index contributed by atoms with van der Waals surface area (Å²) in [7, 11) is 0. The van der Waals surface area contributed by atoms with E-state index in [1.165, 1.54) is 113 Å². The van der Waals surface area contributed by atoms with E-state index in [0.29, 0.717) is 0 Å². The lowest BCUT2D eigenvalue weighted by Crippen LogP contribution is -2.66. The zero-order valence-corrected chi connectivity index (χ0v) is 27.1. The molecule has 0 aliphatic rings. The Morgan fingerprint density at radius 3 is 0.825 bits per heavy atom. The van der Waals surface area contributed by atoms with Crippen LogP contribution in [0.4, 0.5) is 0 Å². The van der Waals surface area contributed by atoms with Crippen molar-refractivity contribution >= 4 is 22.5 Å². The van der Waals surface area contributed by atoms with Gasteiger partial charge in [0.25, 0.3) is 0 Å². The quantitative estimate of drug-likeness (QED) is 0.141. The van der Waals surface area contributed by atoms with Crippen LogP contribution in [0.25, 0.3) is 0 Å². The third-order valence-electron chi connectivity index (χ3n) is 8.01. The molecule has 40 heavy (non-hydrogen) atoms. The average molecular weight is 545 g/mol. The van der Waals surface area contributed by atoms with Crippen molar-refractivity contribution in [1.82, 2.24) is 6.15 Å². The van der Waals surface area contributed by atoms with Gasteiger partial charge in [0.05, 0.1) is 6.15 Å². The molecule has 3 aromatic carbocycles. The molecule has 1 nitrogen and oxygen atoms in total. The van der Waals surface area contributed by atoms with Gasteiger partial charge in [0, 0.05) is 0 Å². The van der Waals surface area contributed by atoms with Crippen molar-refractivity contribution in [2.75, 3.05) is 0 Å².